The molecule has 0 spiro atoms. The Bertz CT molecular complexity index is 581. The number of hydrogen-bond acceptors (Lipinski definition) is 3. The SMILES string of the molecule is CCCNC(c1ccc(Br)cc1)c1cnc(C(F)(F)F)s1. The monoisotopic (exact) mass is 378 g/mol. The highest BCUT2D eigenvalue weighted by molar-refractivity contribution is 9.10. The average Bonchev–Trinajstić information content (AvgIpc) is 2.91. The molecule has 2 rings (SSSR count). The van der Waals surface area contributed by atoms with Crippen LogP contribution in [0.3, 0.4) is 0 Å². The summed E-state index contributed by atoms with van der Waals surface area (Å²) in [5.74, 6) is 0. The van der Waals surface area contributed by atoms with Gasteiger partial charge >= 0.3 is 6.18 Å². The molecule has 0 aliphatic heterocycles. The fourth-order valence-corrected chi connectivity index (χ4v) is 3.03. The van der Waals surface area contributed by atoms with Crippen molar-refractivity contribution in [2.24, 2.45) is 0 Å². The molecule has 2 nitrogen and oxygen atoms in total. The van der Waals surface area contributed by atoms with Gasteiger partial charge in [0.2, 0.25) is 0 Å². The van der Waals surface area contributed by atoms with Crippen molar-refractivity contribution < 1.29 is 13.2 Å². The van der Waals surface area contributed by atoms with E-state index in [1.807, 2.05) is 31.2 Å². The number of halogens is 4. The number of nitrogens with zero attached hydrogens (tertiary/aromatic N) is 1. The molecule has 0 saturated heterocycles. The van der Waals surface area contributed by atoms with E-state index in [1.165, 1.54) is 6.20 Å². The Morgan fingerprint density at radius 2 is 1.95 bits per heavy atom. The molecule has 1 N–H and O–H groups in total. The zero-order chi connectivity index (χ0) is 15.5. The van der Waals surface area contributed by atoms with E-state index in [0.29, 0.717) is 16.2 Å². The minimum Gasteiger partial charge on any atom is -0.306 e. The van der Waals surface area contributed by atoms with Gasteiger partial charge in [-0.1, -0.05) is 35.0 Å². The molecule has 2 aromatic rings. The standard InChI is InChI=1S/C14H14BrF3N2S/c1-2-7-19-12(9-3-5-10(15)6-4-9)11-8-20-13(21-11)14(16,17)18/h3-6,8,12,19H,2,7H2,1H3. The van der Waals surface area contributed by atoms with Gasteiger partial charge in [0.25, 0.3) is 0 Å². The lowest BCUT2D eigenvalue weighted by Gasteiger charge is -2.17. The third-order valence-electron chi connectivity index (χ3n) is 2.85. The number of thiazole rings is 1. The van der Waals surface area contributed by atoms with Crippen LogP contribution >= 0.6 is 27.3 Å². The average molecular weight is 379 g/mol. The molecule has 1 aromatic heterocycles. The van der Waals surface area contributed by atoms with Gasteiger partial charge in [-0.2, -0.15) is 13.2 Å². The van der Waals surface area contributed by atoms with Gasteiger partial charge < -0.3 is 5.32 Å². The summed E-state index contributed by atoms with van der Waals surface area (Å²) in [5.41, 5.74) is 0.920. The predicted octanol–water partition coefficient (Wildman–Crippen LogP) is 5.01. The zero-order valence-electron chi connectivity index (χ0n) is 11.2. The van der Waals surface area contributed by atoms with Gasteiger partial charge in [-0.3, -0.25) is 0 Å². The van der Waals surface area contributed by atoms with Crippen molar-refractivity contribution in [2.75, 3.05) is 6.54 Å². The van der Waals surface area contributed by atoms with Crippen LogP contribution in [0.25, 0.3) is 0 Å². The first-order chi connectivity index (χ1) is 9.91. The van der Waals surface area contributed by atoms with Gasteiger partial charge in [0.15, 0.2) is 5.01 Å². The maximum Gasteiger partial charge on any atom is 0.443 e. The van der Waals surface area contributed by atoms with Crippen molar-refractivity contribution in [1.82, 2.24) is 10.3 Å². The number of rotatable bonds is 5. The third kappa shape index (κ3) is 4.28. The van der Waals surface area contributed by atoms with Crippen molar-refractivity contribution in [3.8, 4) is 0 Å². The molecule has 0 fully saturated rings. The molecule has 1 heterocycles. The van der Waals surface area contributed by atoms with Crippen LogP contribution in [0.5, 0.6) is 0 Å². The quantitative estimate of drug-likeness (QED) is 0.790. The number of nitrogens with one attached hydrogen (secondary N) is 1. The highest BCUT2D eigenvalue weighted by Gasteiger charge is 2.35. The van der Waals surface area contributed by atoms with Crippen LogP contribution in [-0.2, 0) is 6.18 Å². The Morgan fingerprint density at radius 1 is 1.29 bits per heavy atom. The fraction of sp³-hybridized carbons (Fsp3) is 0.357. The minimum atomic E-state index is -4.39. The summed E-state index contributed by atoms with van der Waals surface area (Å²) in [6, 6.07) is 7.27. The molecular weight excluding hydrogens is 365 g/mol. The van der Waals surface area contributed by atoms with Gasteiger partial charge in [-0.25, -0.2) is 4.98 Å². The second-order valence-corrected chi connectivity index (χ2v) is 6.48. The van der Waals surface area contributed by atoms with E-state index < -0.39 is 11.2 Å². The summed E-state index contributed by atoms with van der Waals surface area (Å²) < 4.78 is 39.0. The van der Waals surface area contributed by atoms with E-state index >= 15 is 0 Å². The summed E-state index contributed by atoms with van der Waals surface area (Å²) in [6.07, 6.45) is -2.18. The van der Waals surface area contributed by atoms with E-state index in [-0.39, 0.29) is 6.04 Å². The lowest BCUT2D eigenvalue weighted by molar-refractivity contribution is -0.137. The van der Waals surface area contributed by atoms with Gasteiger partial charge in [0.05, 0.1) is 6.04 Å². The summed E-state index contributed by atoms with van der Waals surface area (Å²) in [6.45, 7) is 2.74. The first kappa shape index (κ1) is 16.5. The molecule has 1 unspecified atom stereocenters. The Kier molecular flexibility index (Phi) is 5.40. The van der Waals surface area contributed by atoms with Crippen molar-refractivity contribution in [2.45, 2.75) is 25.6 Å². The van der Waals surface area contributed by atoms with Gasteiger partial charge in [0, 0.05) is 15.5 Å². The van der Waals surface area contributed by atoms with E-state index in [0.717, 1.165) is 23.0 Å². The van der Waals surface area contributed by atoms with E-state index in [4.69, 9.17) is 0 Å². The first-order valence-corrected chi connectivity index (χ1v) is 8.04. The molecule has 0 aliphatic carbocycles. The third-order valence-corrected chi connectivity index (χ3v) is 4.49. The first-order valence-electron chi connectivity index (χ1n) is 6.43. The maximum atomic E-state index is 12.7. The van der Waals surface area contributed by atoms with Crippen LogP contribution < -0.4 is 5.32 Å². The molecule has 0 bridgehead atoms. The summed E-state index contributed by atoms with van der Waals surface area (Å²) in [5, 5.41) is 2.47. The Hall–Kier alpha value is -0.920. The van der Waals surface area contributed by atoms with Crippen molar-refractivity contribution in [1.29, 1.82) is 0 Å². The van der Waals surface area contributed by atoms with Gasteiger partial charge in [0.1, 0.15) is 0 Å². The molecule has 21 heavy (non-hydrogen) atoms. The smallest absolute Gasteiger partial charge is 0.306 e. The lowest BCUT2D eigenvalue weighted by Crippen LogP contribution is -2.22. The van der Waals surface area contributed by atoms with Crippen LogP contribution in [0.15, 0.2) is 34.9 Å². The Labute approximate surface area is 133 Å². The molecule has 0 saturated carbocycles. The maximum absolute atomic E-state index is 12.7. The van der Waals surface area contributed by atoms with Crippen LogP contribution in [0.2, 0.25) is 0 Å². The van der Waals surface area contributed by atoms with E-state index in [2.05, 4.69) is 26.2 Å². The highest BCUT2D eigenvalue weighted by Crippen LogP contribution is 2.36. The summed E-state index contributed by atoms with van der Waals surface area (Å²) >= 11 is 4.04. The molecule has 7 heteroatoms. The number of alkyl halides is 3. The molecule has 0 aliphatic rings. The lowest BCUT2D eigenvalue weighted by atomic mass is 10.1. The number of benzene rings is 1. The van der Waals surface area contributed by atoms with Crippen LogP contribution in [-0.4, -0.2) is 11.5 Å². The molecule has 1 aromatic carbocycles. The number of aromatic nitrogens is 1. The zero-order valence-corrected chi connectivity index (χ0v) is 13.6. The van der Waals surface area contributed by atoms with Crippen LogP contribution in [0, 0.1) is 0 Å². The van der Waals surface area contributed by atoms with E-state index in [1.54, 1.807) is 0 Å². The second-order valence-electron chi connectivity index (χ2n) is 4.50. The van der Waals surface area contributed by atoms with Gasteiger partial charge in [-0.05, 0) is 30.7 Å². The van der Waals surface area contributed by atoms with Crippen LogP contribution in [0.4, 0.5) is 13.2 Å². The molecule has 0 radical (unpaired) electrons. The Balaban J connectivity index is 2.31. The number of hydrogen-bond donors (Lipinski definition) is 1. The largest absolute Gasteiger partial charge is 0.443 e. The Morgan fingerprint density at radius 3 is 2.48 bits per heavy atom. The normalized spacial score (nSPS) is 13.4. The highest BCUT2D eigenvalue weighted by atomic mass is 79.9. The van der Waals surface area contributed by atoms with Crippen molar-refractivity contribution in [3.63, 3.8) is 0 Å². The summed E-state index contributed by atoms with van der Waals surface area (Å²) in [7, 11) is 0. The van der Waals surface area contributed by atoms with Crippen LogP contribution in [0.1, 0.15) is 34.8 Å². The predicted molar refractivity (Wildman–Crippen MR) is 81.4 cm³/mol. The minimum absolute atomic E-state index is 0.272. The molecule has 1 atom stereocenters. The van der Waals surface area contributed by atoms with Crippen molar-refractivity contribution in [3.05, 3.63) is 50.4 Å². The van der Waals surface area contributed by atoms with Gasteiger partial charge in [-0.15, -0.1) is 11.3 Å². The fourth-order valence-electron chi connectivity index (χ4n) is 1.88. The summed E-state index contributed by atoms with van der Waals surface area (Å²) in [4.78, 5) is 4.07. The topological polar surface area (TPSA) is 24.9 Å². The molecule has 0 amide bonds. The molecular formula is C14H14BrF3N2S. The van der Waals surface area contributed by atoms with E-state index in [9.17, 15) is 13.2 Å². The second kappa shape index (κ2) is 6.89. The van der Waals surface area contributed by atoms with Crippen molar-refractivity contribution >= 4 is 27.3 Å². The molecule has 114 valence electrons.